The van der Waals surface area contributed by atoms with Crippen LogP contribution < -0.4 is 15.8 Å². The molecule has 0 heterocycles. The minimum Gasteiger partial charge on any atom is -0.491 e. The minimum absolute atomic E-state index is 0.520. The number of rotatable bonds is 7. The highest BCUT2D eigenvalue weighted by Gasteiger charge is 2.34. The van der Waals surface area contributed by atoms with Crippen LogP contribution in [0.2, 0.25) is 0 Å². The Labute approximate surface area is 116 Å². The van der Waals surface area contributed by atoms with Gasteiger partial charge in [0.25, 0.3) is 0 Å². The van der Waals surface area contributed by atoms with Gasteiger partial charge in [-0.1, -0.05) is 20.3 Å². The van der Waals surface area contributed by atoms with E-state index >= 15 is 0 Å². The molecule has 1 aliphatic carbocycles. The maximum atomic E-state index is 5.92. The largest absolute Gasteiger partial charge is 0.491 e. The molecular formula is C16H26N2O. The topological polar surface area (TPSA) is 47.3 Å². The highest BCUT2D eigenvalue weighted by molar-refractivity contribution is 5.61. The van der Waals surface area contributed by atoms with Gasteiger partial charge in [-0.15, -0.1) is 0 Å². The van der Waals surface area contributed by atoms with Crippen LogP contribution in [0.3, 0.4) is 0 Å². The fraction of sp³-hybridized carbons (Fsp3) is 0.625. The lowest BCUT2D eigenvalue weighted by Crippen LogP contribution is -2.35. The summed E-state index contributed by atoms with van der Waals surface area (Å²) in [4.78, 5) is 0. The standard InChI is InChI=1S/C16H26N2O/c1-3-10-19-15-11-13(6-7-14(15)17)18-12-16(4-2)8-5-9-16/h6-7,11,18H,3-5,8-10,12,17H2,1-2H3. The summed E-state index contributed by atoms with van der Waals surface area (Å²) in [6.45, 7) is 6.16. The molecule has 2 rings (SSSR count). The molecule has 1 aromatic rings. The van der Waals surface area contributed by atoms with Crippen molar-refractivity contribution < 1.29 is 4.74 Å². The zero-order valence-electron chi connectivity index (χ0n) is 12.2. The van der Waals surface area contributed by atoms with Crippen molar-refractivity contribution in [2.75, 3.05) is 24.2 Å². The minimum atomic E-state index is 0.520. The average Bonchev–Trinajstić information content (AvgIpc) is 2.38. The van der Waals surface area contributed by atoms with Gasteiger partial charge in [-0.25, -0.2) is 0 Å². The van der Waals surface area contributed by atoms with Crippen LogP contribution in [0.4, 0.5) is 11.4 Å². The average molecular weight is 262 g/mol. The molecule has 1 aliphatic rings. The Morgan fingerprint density at radius 2 is 2.11 bits per heavy atom. The molecule has 1 saturated carbocycles. The normalized spacial score (nSPS) is 16.7. The van der Waals surface area contributed by atoms with Gasteiger partial charge in [0.2, 0.25) is 0 Å². The molecule has 0 aromatic heterocycles. The van der Waals surface area contributed by atoms with Crippen LogP contribution in [0.1, 0.15) is 46.0 Å². The summed E-state index contributed by atoms with van der Waals surface area (Å²) in [5.41, 5.74) is 8.27. The first kappa shape index (κ1) is 14.0. The molecule has 0 spiro atoms. The molecule has 3 N–H and O–H groups in total. The summed E-state index contributed by atoms with van der Waals surface area (Å²) < 4.78 is 5.66. The maximum Gasteiger partial charge on any atom is 0.144 e. The van der Waals surface area contributed by atoms with Gasteiger partial charge in [0.15, 0.2) is 0 Å². The van der Waals surface area contributed by atoms with E-state index in [1.54, 1.807) is 0 Å². The van der Waals surface area contributed by atoms with Gasteiger partial charge >= 0.3 is 0 Å². The van der Waals surface area contributed by atoms with Crippen molar-refractivity contribution in [2.45, 2.75) is 46.0 Å². The number of nitrogen functional groups attached to an aromatic ring is 1. The summed E-state index contributed by atoms with van der Waals surface area (Å²) in [6.07, 6.45) is 6.33. The molecule has 0 amide bonds. The van der Waals surface area contributed by atoms with Crippen LogP contribution in [-0.2, 0) is 0 Å². The predicted octanol–water partition coefficient (Wildman–Crippen LogP) is 4.05. The van der Waals surface area contributed by atoms with Gasteiger partial charge in [-0.3, -0.25) is 0 Å². The Bertz CT molecular complexity index is 408. The number of anilines is 2. The van der Waals surface area contributed by atoms with Crippen molar-refractivity contribution in [1.82, 2.24) is 0 Å². The van der Waals surface area contributed by atoms with Crippen LogP contribution in [0.25, 0.3) is 0 Å². The number of hydrogen-bond acceptors (Lipinski definition) is 3. The van der Waals surface area contributed by atoms with Gasteiger partial charge in [-0.05, 0) is 43.2 Å². The molecule has 106 valence electrons. The zero-order chi connectivity index (χ0) is 13.7. The molecular weight excluding hydrogens is 236 g/mol. The van der Waals surface area contributed by atoms with Crippen LogP contribution >= 0.6 is 0 Å². The lowest BCUT2D eigenvalue weighted by atomic mass is 9.67. The van der Waals surface area contributed by atoms with Gasteiger partial charge in [-0.2, -0.15) is 0 Å². The molecule has 1 aromatic carbocycles. The van der Waals surface area contributed by atoms with E-state index in [2.05, 4.69) is 19.2 Å². The second-order valence-corrected chi connectivity index (χ2v) is 5.66. The predicted molar refractivity (Wildman–Crippen MR) is 81.7 cm³/mol. The van der Waals surface area contributed by atoms with E-state index in [1.807, 2.05) is 18.2 Å². The van der Waals surface area contributed by atoms with Crippen molar-refractivity contribution in [3.05, 3.63) is 18.2 Å². The van der Waals surface area contributed by atoms with Crippen molar-refractivity contribution in [1.29, 1.82) is 0 Å². The molecule has 0 bridgehead atoms. The molecule has 3 nitrogen and oxygen atoms in total. The monoisotopic (exact) mass is 262 g/mol. The van der Waals surface area contributed by atoms with Crippen molar-refractivity contribution >= 4 is 11.4 Å². The summed E-state index contributed by atoms with van der Waals surface area (Å²) in [7, 11) is 0. The van der Waals surface area contributed by atoms with E-state index in [0.717, 1.165) is 24.4 Å². The lowest BCUT2D eigenvalue weighted by molar-refractivity contribution is 0.145. The first-order valence-electron chi connectivity index (χ1n) is 7.45. The smallest absolute Gasteiger partial charge is 0.144 e. The van der Waals surface area contributed by atoms with E-state index in [9.17, 15) is 0 Å². The van der Waals surface area contributed by atoms with Crippen molar-refractivity contribution in [2.24, 2.45) is 5.41 Å². The second-order valence-electron chi connectivity index (χ2n) is 5.66. The summed E-state index contributed by atoms with van der Waals surface area (Å²) in [6, 6.07) is 5.98. The van der Waals surface area contributed by atoms with Crippen LogP contribution in [0.5, 0.6) is 5.75 Å². The highest BCUT2D eigenvalue weighted by Crippen LogP contribution is 2.43. The Morgan fingerprint density at radius 1 is 1.32 bits per heavy atom. The summed E-state index contributed by atoms with van der Waals surface area (Å²) in [5.74, 6) is 0.797. The Morgan fingerprint density at radius 3 is 2.68 bits per heavy atom. The molecule has 0 atom stereocenters. The Hall–Kier alpha value is -1.38. The fourth-order valence-electron chi connectivity index (χ4n) is 2.60. The van der Waals surface area contributed by atoms with Crippen LogP contribution in [0, 0.1) is 5.41 Å². The van der Waals surface area contributed by atoms with Crippen LogP contribution in [0.15, 0.2) is 18.2 Å². The molecule has 1 fully saturated rings. The van der Waals surface area contributed by atoms with E-state index in [0.29, 0.717) is 17.7 Å². The third-order valence-electron chi connectivity index (χ3n) is 4.31. The van der Waals surface area contributed by atoms with E-state index in [4.69, 9.17) is 10.5 Å². The molecule has 19 heavy (non-hydrogen) atoms. The summed E-state index contributed by atoms with van der Waals surface area (Å²) >= 11 is 0. The van der Waals surface area contributed by atoms with E-state index in [-0.39, 0.29) is 0 Å². The Kier molecular flexibility index (Phi) is 4.56. The quantitative estimate of drug-likeness (QED) is 0.729. The van der Waals surface area contributed by atoms with E-state index < -0.39 is 0 Å². The van der Waals surface area contributed by atoms with Gasteiger partial charge < -0.3 is 15.8 Å². The molecule has 0 unspecified atom stereocenters. The zero-order valence-corrected chi connectivity index (χ0v) is 12.2. The fourth-order valence-corrected chi connectivity index (χ4v) is 2.60. The first-order valence-corrected chi connectivity index (χ1v) is 7.45. The first-order chi connectivity index (χ1) is 9.19. The molecule has 0 saturated heterocycles. The molecule has 0 aliphatic heterocycles. The third-order valence-corrected chi connectivity index (χ3v) is 4.31. The number of benzene rings is 1. The van der Waals surface area contributed by atoms with Gasteiger partial charge in [0.05, 0.1) is 12.3 Å². The highest BCUT2D eigenvalue weighted by atomic mass is 16.5. The lowest BCUT2D eigenvalue weighted by Gasteiger charge is -2.41. The third kappa shape index (κ3) is 3.34. The van der Waals surface area contributed by atoms with Gasteiger partial charge in [0, 0.05) is 18.3 Å². The van der Waals surface area contributed by atoms with Crippen molar-refractivity contribution in [3.8, 4) is 5.75 Å². The van der Waals surface area contributed by atoms with Gasteiger partial charge in [0.1, 0.15) is 5.75 Å². The number of nitrogens with two attached hydrogens (primary N) is 1. The van der Waals surface area contributed by atoms with Crippen molar-refractivity contribution in [3.63, 3.8) is 0 Å². The number of hydrogen-bond donors (Lipinski definition) is 2. The summed E-state index contributed by atoms with van der Waals surface area (Å²) in [5, 5.41) is 3.55. The second kappa shape index (κ2) is 6.18. The number of ether oxygens (including phenoxy) is 1. The van der Waals surface area contributed by atoms with E-state index in [1.165, 1.54) is 25.7 Å². The molecule has 0 radical (unpaired) electrons. The molecule has 3 heteroatoms. The SMILES string of the molecule is CCCOc1cc(NCC2(CC)CCC2)ccc1N. The Balaban J connectivity index is 1.96. The maximum absolute atomic E-state index is 5.92. The number of nitrogens with one attached hydrogen (secondary N) is 1. The van der Waals surface area contributed by atoms with Crippen LogP contribution in [-0.4, -0.2) is 13.2 Å².